The Hall–Kier alpha value is -2.89. The number of carbonyl (C=O) groups excluding carboxylic acids is 1. The molecule has 2 aromatic carbocycles. The summed E-state index contributed by atoms with van der Waals surface area (Å²) in [5.74, 6) is 0.735. The highest BCUT2D eigenvalue weighted by atomic mass is 32.2. The Labute approximate surface area is 190 Å². The van der Waals surface area contributed by atoms with Crippen LogP contribution < -0.4 is 4.74 Å². The van der Waals surface area contributed by atoms with E-state index in [4.69, 9.17) is 10.00 Å². The summed E-state index contributed by atoms with van der Waals surface area (Å²) in [5, 5.41) is 8.91. The van der Waals surface area contributed by atoms with Crippen LogP contribution in [0, 0.1) is 11.3 Å². The van der Waals surface area contributed by atoms with Gasteiger partial charge in [0, 0.05) is 45.4 Å². The standard InChI is InChI=1S/C24H29N3O4S/c1-32(29,30)23-11-9-22(10-12-23)31-17-2-4-24(28)27-14-3-13-26(15-16-27)19-21-7-5-20(18-25)6-8-21/h5-12H,2-4,13-17,19H2,1H3. The van der Waals surface area contributed by atoms with Crippen molar-refractivity contribution in [1.82, 2.24) is 9.80 Å². The molecule has 0 aromatic heterocycles. The van der Waals surface area contributed by atoms with Gasteiger partial charge in [0.1, 0.15) is 5.75 Å². The number of nitriles is 1. The number of carbonyl (C=O) groups is 1. The molecule has 3 rings (SSSR count). The van der Waals surface area contributed by atoms with Crippen LogP contribution in [0.4, 0.5) is 0 Å². The molecule has 0 N–H and O–H groups in total. The molecule has 1 aliphatic heterocycles. The van der Waals surface area contributed by atoms with E-state index in [1.165, 1.54) is 24.0 Å². The average molecular weight is 456 g/mol. The summed E-state index contributed by atoms with van der Waals surface area (Å²) in [6.45, 7) is 4.47. The Morgan fingerprint density at radius 3 is 2.41 bits per heavy atom. The number of amides is 1. The molecule has 2 aromatic rings. The molecule has 0 aliphatic carbocycles. The van der Waals surface area contributed by atoms with Crippen LogP contribution in [0.15, 0.2) is 53.4 Å². The fourth-order valence-electron chi connectivity index (χ4n) is 3.68. The van der Waals surface area contributed by atoms with Crippen molar-refractivity contribution in [2.24, 2.45) is 0 Å². The maximum Gasteiger partial charge on any atom is 0.222 e. The van der Waals surface area contributed by atoms with Crippen LogP contribution in [0.3, 0.4) is 0 Å². The summed E-state index contributed by atoms with van der Waals surface area (Å²) in [7, 11) is -3.22. The van der Waals surface area contributed by atoms with Crippen molar-refractivity contribution in [2.75, 3.05) is 39.0 Å². The fourth-order valence-corrected chi connectivity index (χ4v) is 4.31. The summed E-state index contributed by atoms with van der Waals surface area (Å²) in [5.41, 5.74) is 1.83. The summed E-state index contributed by atoms with van der Waals surface area (Å²) in [6, 6.07) is 16.1. The van der Waals surface area contributed by atoms with E-state index in [2.05, 4.69) is 11.0 Å². The normalized spacial score (nSPS) is 15.1. The monoisotopic (exact) mass is 455 g/mol. The first kappa shape index (κ1) is 23.8. The molecule has 1 amide bonds. The Kier molecular flexibility index (Phi) is 8.26. The van der Waals surface area contributed by atoms with Crippen molar-refractivity contribution >= 4 is 15.7 Å². The van der Waals surface area contributed by atoms with E-state index in [0.29, 0.717) is 37.3 Å². The number of benzene rings is 2. The SMILES string of the molecule is CS(=O)(=O)c1ccc(OCCCC(=O)N2CCCN(Cc3ccc(C#N)cc3)CC2)cc1. The van der Waals surface area contributed by atoms with Gasteiger partial charge in [0.2, 0.25) is 5.91 Å². The molecule has 1 aliphatic rings. The van der Waals surface area contributed by atoms with E-state index < -0.39 is 9.84 Å². The topological polar surface area (TPSA) is 90.7 Å². The van der Waals surface area contributed by atoms with Gasteiger partial charge in [-0.2, -0.15) is 5.26 Å². The molecule has 0 saturated carbocycles. The lowest BCUT2D eigenvalue weighted by atomic mass is 10.1. The molecule has 7 nitrogen and oxygen atoms in total. The molecule has 170 valence electrons. The Balaban J connectivity index is 1.38. The lowest BCUT2D eigenvalue weighted by Gasteiger charge is -2.22. The van der Waals surface area contributed by atoms with Gasteiger partial charge in [0.05, 0.1) is 23.1 Å². The van der Waals surface area contributed by atoms with Crippen LogP contribution in [0.5, 0.6) is 5.75 Å². The molecule has 32 heavy (non-hydrogen) atoms. The zero-order valence-corrected chi connectivity index (χ0v) is 19.2. The first-order valence-electron chi connectivity index (χ1n) is 10.8. The first-order valence-corrected chi connectivity index (χ1v) is 12.7. The largest absolute Gasteiger partial charge is 0.494 e. The highest BCUT2D eigenvalue weighted by Crippen LogP contribution is 2.16. The first-order chi connectivity index (χ1) is 15.3. The van der Waals surface area contributed by atoms with Crippen molar-refractivity contribution in [2.45, 2.75) is 30.7 Å². The van der Waals surface area contributed by atoms with E-state index in [1.807, 2.05) is 29.2 Å². The molecule has 0 unspecified atom stereocenters. The van der Waals surface area contributed by atoms with Gasteiger partial charge in [-0.15, -0.1) is 0 Å². The predicted octanol–water partition coefficient (Wildman–Crippen LogP) is 2.86. The quantitative estimate of drug-likeness (QED) is 0.569. The summed E-state index contributed by atoms with van der Waals surface area (Å²) in [4.78, 5) is 17.1. The van der Waals surface area contributed by atoms with Crippen molar-refractivity contribution in [3.63, 3.8) is 0 Å². The lowest BCUT2D eigenvalue weighted by molar-refractivity contribution is -0.131. The van der Waals surface area contributed by atoms with Gasteiger partial charge in [-0.05, 0) is 54.8 Å². The van der Waals surface area contributed by atoms with E-state index in [0.717, 1.165) is 32.6 Å². The number of sulfone groups is 1. The van der Waals surface area contributed by atoms with Gasteiger partial charge in [-0.1, -0.05) is 12.1 Å². The highest BCUT2D eigenvalue weighted by Gasteiger charge is 2.19. The van der Waals surface area contributed by atoms with Gasteiger partial charge >= 0.3 is 0 Å². The maximum atomic E-state index is 12.6. The number of ether oxygens (including phenoxy) is 1. The van der Waals surface area contributed by atoms with Crippen LogP contribution in [-0.2, 0) is 21.2 Å². The molecule has 1 heterocycles. The van der Waals surface area contributed by atoms with Crippen LogP contribution in [0.2, 0.25) is 0 Å². The number of nitrogens with zero attached hydrogens (tertiary/aromatic N) is 3. The van der Waals surface area contributed by atoms with E-state index >= 15 is 0 Å². The predicted molar refractivity (Wildman–Crippen MR) is 122 cm³/mol. The van der Waals surface area contributed by atoms with Crippen molar-refractivity contribution in [3.05, 3.63) is 59.7 Å². The lowest BCUT2D eigenvalue weighted by Crippen LogP contribution is -2.35. The second-order valence-corrected chi connectivity index (χ2v) is 10.0. The van der Waals surface area contributed by atoms with Crippen LogP contribution in [0.1, 0.15) is 30.4 Å². The molecule has 0 bridgehead atoms. The zero-order valence-electron chi connectivity index (χ0n) is 18.4. The van der Waals surface area contributed by atoms with Crippen molar-refractivity contribution in [1.29, 1.82) is 5.26 Å². The van der Waals surface area contributed by atoms with Crippen LogP contribution in [0.25, 0.3) is 0 Å². The fraction of sp³-hybridized carbons (Fsp3) is 0.417. The van der Waals surface area contributed by atoms with Gasteiger partial charge in [0.25, 0.3) is 0 Å². The van der Waals surface area contributed by atoms with Crippen molar-refractivity contribution < 1.29 is 17.9 Å². The molecule has 1 fully saturated rings. The van der Waals surface area contributed by atoms with Crippen LogP contribution in [-0.4, -0.2) is 63.2 Å². The van der Waals surface area contributed by atoms with Gasteiger partial charge < -0.3 is 9.64 Å². The Bertz CT molecular complexity index is 1040. The summed E-state index contributed by atoms with van der Waals surface area (Å²) in [6.07, 6.45) is 3.14. The smallest absolute Gasteiger partial charge is 0.222 e. The second-order valence-electron chi connectivity index (χ2n) is 8.01. The third-order valence-corrected chi connectivity index (χ3v) is 6.61. The molecule has 0 radical (unpaired) electrons. The van der Waals surface area contributed by atoms with Gasteiger partial charge in [-0.3, -0.25) is 9.69 Å². The maximum absolute atomic E-state index is 12.6. The second kappa shape index (κ2) is 11.1. The Morgan fingerprint density at radius 2 is 1.75 bits per heavy atom. The van der Waals surface area contributed by atoms with E-state index in [-0.39, 0.29) is 10.8 Å². The minimum atomic E-state index is -3.22. The molecular formula is C24H29N3O4S. The third kappa shape index (κ3) is 7.08. The minimum absolute atomic E-state index is 0.140. The third-order valence-electron chi connectivity index (χ3n) is 5.49. The summed E-state index contributed by atoms with van der Waals surface area (Å²) < 4.78 is 28.6. The number of hydrogen-bond donors (Lipinski definition) is 0. The number of rotatable bonds is 8. The summed E-state index contributed by atoms with van der Waals surface area (Å²) >= 11 is 0. The minimum Gasteiger partial charge on any atom is -0.494 e. The molecular weight excluding hydrogens is 426 g/mol. The van der Waals surface area contributed by atoms with Crippen molar-refractivity contribution in [3.8, 4) is 11.8 Å². The molecule has 8 heteroatoms. The van der Waals surface area contributed by atoms with E-state index in [9.17, 15) is 13.2 Å². The average Bonchev–Trinajstić information content (AvgIpc) is 3.02. The molecule has 0 atom stereocenters. The zero-order chi connectivity index (χ0) is 23.0. The Morgan fingerprint density at radius 1 is 1.03 bits per heavy atom. The molecule has 0 spiro atoms. The van der Waals surface area contributed by atoms with Gasteiger partial charge in [0.15, 0.2) is 9.84 Å². The van der Waals surface area contributed by atoms with Gasteiger partial charge in [-0.25, -0.2) is 8.42 Å². The molecule has 1 saturated heterocycles. The number of hydrogen-bond acceptors (Lipinski definition) is 6. The van der Waals surface area contributed by atoms with Crippen LogP contribution >= 0.6 is 0 Å². The highest BCUT2D eigenvalue weighted by molar-refractivity contribution is 7.90. The van der Waals surface area contributed by atoms with E-state index in [1.54, 1.807) is 12.1 Å².